The first-order valence-corrected chi connectivity index (χ1v) is 10.7. The summed E-state index contributed by atoms with van der Waals surface area (Å²) in [4.78, 5) is 38.7. The van der Waals surface area contributed by atoms with Crippen LogP contribution >= 0.6 is 11.3 Å². The summed E-state index contributed by atoms with van der Waals surface area (Å²) in [6, 6.07) is 6.86. The fourth-order valence-corrected chi connectivity index (χ4v) is 4.21. The van der Waals surface area contributed by atoms with E-state index in [-0.39, 0.29) is 5.91 Å². The predicted octanol–water partition coefficient (Wildman–Crippen LogP) is 3.79. The lowest BCUT2D eigenvalue weighted by atomic mass is 10.1. The van der Waals surface area contributed by atoms with Crippen molar-refractivity contribution in [3.05, 3.63) is 46.9 Å². The zero-order valence-electron chi connectivity index (χ0n) is 17.7. The highest BCUT2D eigenvalue weighted by molar-refractivity contribution is 7.08. The smallest absolute Gasteiger partial charge is 0.475 e. The summed E-state index contributed by atoms with van der Waals surface area (Å²) in [6.07, 6.45) is -4.79. The number of fused-ring (bicyclic) bond motifs is 1. The minimum atomic E-state index is -5.08. The Morgan fingerprint density at radius 2 is 1.54 bits per heavy atom. The summed E-state index contributed by atoms with van der Waals surface area (Å²) < 4.78 is 63.5. The van der Waals surface area contributed by atoms with E-state index in [4.69, 9.17) is 19.8 Å². The number of carboxylic acids is 2. The summed E-state index contributed by atoms with van der Waals surface area (Å²) in [5.74, 6) is -5.25. The summed E-state index contributed by atoms with van der Waals surface area (Å²) in [5.41, 5.74) is 2.34. The number of hydrogen-bond donors (Lipinski definition) is 2. The Morgan fingerprint density at radius 1 is 1.00 bits per heavy atom. The van der Waals surface area contributed by atoms with Crippen LogP contribution in [0.4, 0.5) is 32.0 Å². The maximum atomic E-state index is 12.4. The fraction of sp³-hybridized carbons (Fsp3) is 0.400. The van der Waals surface area contributed by atoms with Gasteiger partial charge in [0.1, 0.15) is 0 Å². The number of hydrogen-bond acceptors (Lipinski definition) is 6. The van der Waals surface area contributed by atoms with Gasteiger partial charge in [-0.1, -0.05) is 0 Å². The number of aliphatic carboxylic acids is 2. The van der Waals surface area contributed by atoms with Gasteiger partial charge in [-0.2, -0.15) is 37.7 Å². The number of aromatic nitrogens is 1. The predicted molar refractivity (Wildman–Crippen MR) is 111 cm³/mol. The molecule has 2 aliphatic heterocycles. The van der Waals surface area contributed by atoms with Crippen molar-refractivity contribution < 1.29 is 50.9 Å². The van der Waals surface area contributed by atoms with Gasteiger partial charge in [0.2, 0.25) is 5.91 Å². The second kappa shape index (κ2) is 11.5. The zero-order valence-corrected chi connectivity index (χ0v) is 18.5. The number of likely N-dealkylation sites (tertiary alicyclic amines) is 1. The molecule has 0 spiro atoms. The molecule has 0 saturated carbocycles. The van der Waals surface area contributed by atoms with E-state index in [1.807, 2.05) is 22.7 Å². The third-order valence-corrected chi connectivity index (χ3v) is 5.68. The zero-order chi connectivity index (χ0) is 26.4. The molecule has 1 amide bonds. The number of halogens is 6. The fourth-order valence-electron chi connectivity index (χ4n) is 3.58. The average molecular weight is 527 g/mol. The molecule has 35 heavy (non-hydrogen) atoms. The van der Waals surface area contributed by atoms with Gasteiger partial charge in [-0.05, 0) is 35.6 Å². The molecule has 2 aliphatic rings. The molecular weight excluding hydrogens is 508 g/mol. The molecule has 192 valence electrons. The number of thiophene rings is 1. The maximum Gasteiger partial charge on any atom is 0.490 e. The molecule has 2 atom stereocenters. The Bertz CT molecular complexity index is 977. The Kier molecular flexibility index (Phi) is 9.20. The molecule has 0 bridgehead atoms. The molecule has 2 aromatic heterocycles. The number of rotatable bonds is 3. The van der Waals surface area contributed by atoms with Crippen LogP contribution in [0.3, 0.4) is 0 Å². The summed E-state index contributed by atoms with van der Waals surface area (Å²) in [7, 11) is 0. The summed E-state index contributed by atoms with van der Waals surface area (Å²) in [5, 5.41) is 18.4. The van der Waals surface area contributed by atoms with Gasteiger partial charge in [-0.3, -0.25) is 14.7 Å². The first-order valence-electron chi connectivity index (χ1n) is 9.79. The third kappa shape index (κ3) is 7.92. The van der Waals surface area contributed by atoms with Gasteiger partial charge in [0.15, 0.2) is 0 Å². The number of carboxylic acid groups (broad SMARTS) is 2. The van der Waals surface area contributed by atoms with Crippen molar-refractivity contribution in [3.8, 4) is 0 Å². The molecular formula is C20H19F6N3O5S. The molecule has 8 nitrogen and oxygen atoms in total. The molecule has 0 aromatic carbocycles. The maximum absolute atomic E-state index is 12.4. The Labute approximate surface area is 198 Å². The van der Waals surface area contributed by atoms with Crippen LogP contribution in [0, 0.1) is 0 Å². The SMILES string of the molecule is O=C(O)C(F)(F)F.O=C(O)C(F)(F)F.O=C1CC2C(CCN2Cc2ccncc2)N1c1ccsc1. The van der Waals surface area contributed by atoms with Crippen LogP contribution in [0.15, 0.2) is 41.4 Å². The van der Waals surface area contributed by atoms with Crippen LogP contribution in [0.25, 0.3) is 0 Å². The third-order valence-electron chi connectivity index (χ3n) is 5.01. The highest BCUT2D eigenvalue weighted by Gasteiger charge is 2.47. The minimum Gasteiger partial charge on any atom is -0.475 e. The molecule has 2 unspecified atom stereocenters. The monoisotopic (exact) mass is 527 g/mol. The molecule has 4 rings (SSSR count). The van der Waals surface area contributed by atoms with E-state index in [2.05, 4.69) is 33.5 Å². The number of carbonyl (C=O) groups excluding carboxylic acids is 1. The van der Waals surface area contributed by atoms with Crippen molar-refractivity contribution in [3.63, 3.8) is 0 Å². The van der Waals surface area contributed by atoms with Gasteiger partial charge in [0.05, 0.1) is 11.7 Å². The van der Waals surface area contributed by atoms with Crippen LogP contribution in [-0.2, 0) is 20.9 Å². The summed E-state index contributed by atoms with van der Waals surface area (Å²) >= 11 is 1.65. The average Bonchev–Trinajstić information content (AvgIpc) is 3.47. The van der Waals surface area contributed by atoms with Crippen molar-refractivity contribution in [1.82, 2.24) is 9.88 Å². The lowest BCUT2D eigenvalue weighted by molar-refractivity contribution is -0.193. The van der Waals surface area contributed by atoms with Gasteiger partial charge in [-0.15, -0.1) is 0 Å². The number of alkyl halides is 6. The normalized spacial score (nSPS) is 19.8. The van der Waals surface area contributed by atoms with Crippen LogP contribution in [0.2, 0.25) is 0 Å². The number of carbonyl (C=O) groups is 3. The van der Waals surface area contributed by atoms with Gasteiger partial charge >= 0.3 is 24.3 Å². The molecule has 2 fully saturated rings. The Balaban J connectivity index is 0.000000257. The summed E-state index contributed by atoms with van der Waals surface area (Å²) in [6.45, 7) is 1.97. The van der Waals surface area contributed by atoms with Crippen LogP contribution in [0.5, 0.6) is 0 Å². The van der Waals surface area contributed by atoms with Crippen molar-refractivity contribution in [2.24, 2.45) is 0 Å². The van der Waals surface area contributed by atoms with E-state index in [0.717, 1.165) is 25.2 Å². The van der Waals surface area contributed by atoms with Crippen LogP contribution in [-0.4, -0.2) is 68.9 Å². The van der Waals surface area contributed by atoms with Gasteiger partial charge in [0.25, 0.3) is 0 Å². The van der Waals surface area contributed by atoms with Crippen molar-refractivity contribution in [2.45, 2.75) is 43.8 Å². The largest absolute Gasteiger partial charge is 0.490 e. The van der Waals surface area contributed by atoms with Gasteiger partial charge < -0.3 is 15.1 Å². The Morgan fingerprint density at radius 3 is 2.00 bits per heavy atom. The van der Waals surface area contributed by atoms with E-state index >= 15 is 0 Å². The molecule has 15 heteroatoms. The first-order chi connectivity index (χ1) is 16.2. The van der Waals surface area contributed by atoms with E-state index in [1.54, 1.807) is 11.3 Å². The first kappa shape index (κ1) is 28.0. The highest BCUT2D eigenvalue weighted by atomic mass is 32.1. The number of nitrogens with zero attached hydrogens (tertiary/aromatic N) is 3. The minimum absolute atomic E-state index is 0.267. The molecule has 2 aromatic rings. The molecule has 2 saturated heterocycles. The van der Waals surface area contributed by atoms with E-state index in [0.29, 0.717) is 18.5 Å². The van der Waals surface area contributed by atoms with Gasteiger partial charge in [-0.25, -0.2) is 9.59 Å². The van der Waals surface area contributed by atoms with E-state index in [9.17, 15) is 31.1 Å². The lowest BCUT2D eigenvalue weighted by Gasteiger charge is -2.24. The number of pyridine rings is 1. The topological polar surface area (TPSA) is 111 Å². The van der Waals surface area contributed by atoms with Crippen LogP contribution in [0.1, 0.15) is 18.4 Å². The van der Waals surface area contributed by atoms with Crippen molar-refractivity contribution >= 4 is 34.9 Å². The van der Waals surface area contributed by atoms with E-state index < -0.39 is 24.3 Å². The second-order valence-corrected chi connectivity index (χ2v) is 8.08. The van der Waals surface area contributed by atoms with Gasteiger partial charge in [0, 0.05) is 43.3 Å². The second-order valence-electron chi connectivity index (χ2n) is 7.30. The van der Waals surface area contributed by atoms with E-state index in [1.165, 1.54) is 5.56 Å². The van der Waals surface area contributed by atoms with Crippen LogP contribution < -0.4 is 4.90 Å². The lowest BCUT2D eigenvalue weighted by Crippen LogP contribution is -2.36. The molecule has 2 N–H and O–H groups in total. The quantitative estimate of drug-likeness (QED) is 0.585. The molecule has 0 aliphatic carbocycles. The molecule has 0 radical (unpaired) electrons. The molecule has 4 heterocycles. The van der Waals surface area contributed by atoms with Crippen molar-refractivity contribution in [1.29, 1.82) is 0 Å². The standard InChI is InChI=1S/C16H17N3OS.2C2HF3O2/c20-16-9-15-14(19(16)13-4-8-21-11-13)3-7-18(15)10-12-1-5-17-6-2-12;2*3-2(4,5)1(6)7/h1-2,4-6,8,11,14-15H,3,7,9-10H2;2*(H,6,7). The van der Waals surface area contributed by atoms with Crippen molar-refractivity contribution in [2.75, 3.05) is 11.4 Å². The Hall–Kier alpha value is -3.20. The highest BCUT2D eigenvalue weighted by Crippen LogP contribution is 2.37. The number of amides is 1. The number of anilines is 1.